The zero-order chi connectivity index (χ0) is 14.7. The van der Waals surface area contributed by atoms with Gasteiger partial charge in [-0.1, -0.05) is 18.2 Å². The number of hydrogen-bond donors (Lipinski definition) is 3. The second-order valence-electron chi connectivity index (χ2n) is 4.38. The third-order valence-electron chi connectivity index (χ3n) is 2.79. The highest BCUT2D eigenvalue weighted by atomic mass is 16.5. The van der Waals surface area contributed by atoms with Gasteiger partial charge in [0.2, 0.25) is 5.91 Å². The Morgan fingerprint density at radius 1 is 1.45 bits per heavy atom. The molecule has 0 atom stereocenters. The van der Waals surface area contributed by atoms with Crippen molar-refractivity contribution < 1.29 is 14.3 Å². The minimum atomic E-state index is -0.437. The maximum absolute atomic E-state index is 11.7. The van der Waals surface area contributed by atoms with Crippen molar-refractivity contribution in [2.75, 3.05) is 18.5 Å². The number of benzene rings is 1. The van der Waals surface area contributed by atoms with Crippen molar-refractivity contribution in [1.82, 2.24) is 5.01 Å². The van der Waals surface area contributed by atoms with Crippen molar-refractivity contribution in [2.24, 2.45) is 11.6 Å². The molecule has 1 heterocycles. The summed E-state index contributed by atoms with van der Waals surface area (Å²) in [7, 11) is 0. The van der Waals surface area contributed by atoms with Crippen LogP contribution in [0.2, 0.25) is 0 Å². The zero-order valence-corrected chi connectivity index (χ0v) is 11.1. The second kappa shape index (κ2) is 5.62. The lowest BCUT2D eigenvalue weighted by molar-refractivity contribution is -0.140. The average Bonchev–Trinajstić information content (AvgIpc) is 2.50. The lowest BCUT2D eigenvalue weighted by Crippen LogP contribution is -2.36. The molecule has 1 aliphatic rings. The molecule has 0 spiro atoms. The van der Waals surface area contributed by atoms with Gasteiger partial charge in [0.25, 0.3) is 0 Å². The van der Waals surface area contributed by atoms with E-state index < -0.39 is 5.97 Å². The van der Waals surface area contributed by atoms with E-state index in [2.05, 4.69) is 5.32 Å². The summed E-state index contributed by atoms with van der Waals surface area (Å²) in [5.74, 6) is 5.21. The van der Waals surface area contributed by atoms with Crippen LogP contribution in [0, 0.1) is 0 Å². The maximum atomic E-state index is 11.7. The molecule has 0 bridgehead atoms. The zero-order valence-electron chi connectivity index (χ0n) is 11.1. The van der Waals surface area contributed by atoms with Gasteiger partial charge < -0.3 is 15.8 Å². The van der Waals surface area contributed by atoms with Gasteiger partial charge in [0.1, 0.15) is 13.2 Å². The van der Waals surface area contributed by atoms with Gasteiger partial charge in [-0.2, -0.15) is 0 Å². The Morgan fingerprint density at radius 3 is 2.85 bits per heavy atom. The van der Waals surface area contributed by atoms with E-state index in [-0.39, 0.29) is 24.8 Å². The molecule has 20 heavy (non-hydrogen) atoms. The fourth-order valence-corrected chi connectivity index (χ4v) is 1.98. The van der Waals surface area contributed by atoms with Gasteiger partial charge >= 0.3 is 5.97 Å². The Morgan fingerprint density at radius 2 is 2.15 bits per heavy atom. The minimum Gasteiger partial charge on any atom is -0.459 e. The molecule has 106 valence electrons. The number of nitrogens with zero attached hydrogens (tertiary/aromatic N) is 1. The molecule has 7 nitrogen and oxygen atoms in total. The molecule has 0 saturated carbocycles. The predicted molar refractivity (Wildman–Crippen MR) is 73.7 cm³/mol. The first-order valence-corrected chi connectivity index (χ1v) is 6.02. The standard InChI is InChI=1S/C13H16N4O3/c1-8(18)20-7-10(14)13-9-4-2-3-5-11(9)16-12(19)6-17(13)15/h2-5H,6-7,14-15H2,1H3,(H,16,19)/b13-10-. The normalized spacial score (nSPS) is 16.9. The highest BCUT2D eigenvalue weighted by molar-refractivity contribution is 5.98. The van der Waals surface area contributed by atoms with Crippen molar-refractivity contribution in [2.45, 2.75) is 6.92 Å². The van der Waals surface area contributed by atoms with E-state index in [0.29, 0.717) is 16.9 Å². The van der Waals surface area contributed by atoms with Crippen LogP contribution in [-0.2, 0) is 14.3 Å². The van der Waals surface area contributed by atoms with Gasteiger partial charge in [-0.3, -0.25) is 14.6 Å². The average molecular weight is 276 g/mol. The van der Waals surface area contributed by atoms with Crippen molar-refractivity contribution >= 4 is 23.3 Å². The summed E-state index contributed by atoms with van der Waals surface area (Å²) in [6, 6.07) is 7.15. The number of ether oxygens (including phenoxy) is 1. The molecule has 1 aromatic carbocycles. The summed E-state index contributed by atoms with van der Waals surface area (Å²) in [6.07, 6.45) is 0. The largest absolute Gasteiger partial charge is 0.459 e. The van der Waals surface area contributed by atoms with Crippen molar-refractivity contribution in [3.63, 3.8) is 0 Å². The number of hydrazine groups is 1. The number of esters is 1. The van der Waals surface area contributed by atoms with Gasteiger partial charge in [-0.05, 0) is 6.07 Å². The summed E-state index contributed by atoms with van der Waals surface area (Å²) in [5.41, 5.74) is 8.02. The molecule has 0 saturated heterocycles. The summed E-state index contributed by atoms with van der Waals surface area (Å²) in [6.45, 7) is 1.18. The molecule has 1 aromatic rings. The molecular formula is C13H16N4O3. The molecule has 7 heteroatoms. The van der Waals surface area contributed by atoms with Crippen molar-refractivity contribution in [3.05, 3.63) is 35.5 Å². The lowest BCUT2D eigenvalue weighted by atomic mass is 10.1. The first kappa shape index (κ1) is 13.9. The fourth-order valence-electron chi connectivity index (χ4n) is 1.98. The fraction of sp³-hybridized carbons (Fsp3) is 0.231. The van der Waals surface area contributed by atoms with Gasteiger partial charge in [0.15, 0.2) is 0 Å². The molecule has 5 N–H and O–H groups in total. The van der Waals surface area contributed by atoms with E-state index >= 15 is 0 Å². The highest BCUT2D eigenvalue weighted by Crippen LogP contribution is 2.28. The Labute approximate surface area is 116 Å². The van der Waals surface area contributed by atoms with Crippen LogP contribution in [0.5, 0.6) is 0 Å². The first-order valence-electron chi connectivity index (χ1n) is 6.02. The Balaban J connectivity index is 2.46. The summed E-state index contributed by atoms with van der Waals surface area (Å²) in [5, 5.41) is 3.99. The minimum absolute atomic E-state index is 0.0369. The van der Waals surface area contributed by atoms with E-state index in [1.54, 1.807) is 18.2 Å². The summed E-state index contributed by atoms with van der Waals surface area (Å²) < 4.78 is 4.88. The molecule has 0 radical (unpaired) electrons. The number of rotatable bonds is 2. The van der Waals surface area contributed by atoms with Crippen LogP contribution in [0.4, 0.5) is 5.69 Å². The number of hydrogen-bond acceptors (Lipinski definition) is 6. The molecular weight excluding hydrogens is 260 g/mol. The number of nitrogens with two attached hydrogens (primary N) is 2. The molecule has 2 rings (SSSR count). The number of fused-ring (bicyclic) bond motifs is 1. The van der Waals surface area contributed by atoms with E-state index in [9.17, 15) is 9.59 Å². The van der Waals surface area contributed by atoms with Gasteiger partial charge in [-0.15, -0.1) is 0 Å². The van der Waals surface area contributed by atoms with Crippen LogP contribution in [-0.4, -0.2) is 30.0 Å². The third kappa shape index (κ3) is 2.89. The quantitative estimate of drug-likeness (QED) is 0.518. The predicted octanol–water partition coefficient (Wildman–Crippen LogP) is 0.00480. The van der Waals surface area contributed by atoms with Crippen LogP contribution in [0.3, 0.4) is 0 Å². The molecule has 0 fully saturated rings. The number of carbonyl (C=O) groups is 2. The van der Waals surface area contributed by atoms with E-state index in [1.165, 1.54) is 11.9 Å². The third-order valence-corrected chi connectivity index (χ3v) is 2.79. The van der Waals surface area contributed by atoms with E-state index in [0.717, 1.165) is 0 Å². The summed E-state index contributed by atoms with van der Waals surface area (Å²) in [4.78, 5) is 22.6. The van der Waals surface area contributed by atoms with Crippen LogP contribution in [0.15, 0.2) is 30.0 Å². The van der Waals surface area contributed by atoms with Gasteiger partial charge in [0, 0.05) is 12.5 Å². The monoisotopic (exact) mass is 276 g/mol. The molecule has 1 amide bonds. The molecule has 0 unspecified atom stereocenters. The number of para-hydroxylation sites is 1. The van der Waals surface area contributed by atoms with Crippen LogP contribution >= 0.6 is 0 Å². The topological polar surface area (TPSA) is 111 Å². The number of amides is 1. The number of carbonyl (C=O) groups excluding carboxylic acids is 2. The van der Waals surface area contributed by atoms with Crippen LogP contribution < -0.4 is 16.9 Å². The van der Waals surface area contributed by atoms with Gasteiger partial charge in [0.05, 0.1) is 17.1 Å². The second-order valence-corrected chi connectivity index (χ2v) is 4.38. The summed E-state index contributed by atoms with van der Waals surface area (Å²) >= 11 is 0. The number of anilines is 1. The number of nitrogens with one attached hydrogen (secondary N) is 1. The van der Waals surface area contributed by atoms with Crippen LogP contribution in [0.1, 0.15) is 12.5 Å². The van der Waals surface area contributed by atoms with Gasteiger partial charge in [-0.25, -0.2) is 5.84 Å². The maximum Gasteiger partial charge on any atom is 0.303 e. The Bertz CT molecular complexity index is 583. The van der Waals surface area contributed by atoms with Crippen LogP contribution in [0.25, 0.3) is 5.70 Å². The molecule has 0 aromatic heterocycles. The van der Waals surface area contributed by atoms with Crippen molar-refractivity contribution in [3.8, 4) is 0 Å². The molecule has 1 aliphatic heterocycles. The van der Waals surface area contributed by atoms with Crippen molar-refractivity contribution in [1.29, 1.82) is 0 Å². The SMILES string of the molecule is CC(=O)OC/C(N)=C1\c2ccccc2NC(=O)CN1N. The first-order chi connectivity index (χ1) is 9.49. The Hall–Kier alpha value is -2.54. The molecule has 0 aliphatic carbocycles. The van der Waals surface area contributed by atoms with E-state index in [1.807, 2.05) is 6.07 Å². The Kier molecular flexibility index (Phi) is 3.90. The highest BCUT2D eigenvalue weighted by Gasteiger charge is 2.23. The lowest BCUT2D eigenvalue weighted by Gasteiger charge is -2.21. The van der Waals surface area contributed by atoms with E-state index in [4.69, 9.17) is 16.3 Å². The smallest absolute Gasteiger partial charge is 0.303 e.